The number of hydrogen-bond donors (Lipinski definition) is 0. The van der Waals surface area contributed by atoms with Crippen LogP contribution < -0.4 is 24.0 Å². The molecule has 4 rings (SSSR count). The van der Waals surface area contributed by atoms with E-state index in [1.807, 2.05) is 0 Å². The largest absolute Gasteiger partial charge is 1.00 e. The van der Waals surface area contributed by atoms with Crippen LogP contribution in [0, 0.1) is 52.3 Å². The van der Waals surface area contributed by atoms with Gasteiger partial charge in [0, 0.05) is 0 Å². The Labute approximate surface area is 186 Å². The Balaban J connectivity index is 0.00000225. The van der Waals surface area contributed by atoms with Crippen molar-refractivity contribution in [2.45, 2.75) is 98.8 Å². The van der Waals surface area contributed by atoms with Crippen molar-refractivity contribution >= 4 is 0 Å². The summed E-state index contributed by atoms with van der Waals surface area (Å²) in [5.41, 5.74) is 1.01. The van der Waals surface area contributed by atoms with E-state index in [4.69, 9.17) is 0 Å². The van der Waals surface area contributed by atoms with E-state index in [1.54, 1.807) is 0 Å². The van der Waals surface area contributed by atoms with Crippen molar-refractivity contribution in [3.8, 4) is 0 Å². The minimum atomic E-state index is 0. The second kappa shape index (κ2) is 8.34. The molecule has 154 valence electrons. The third-order valence-electron chi connectivity index (χ3n) is 10.2. The quantitative estimate of drug-likeness (QED) is 0.686. The summed E-state index contributed by atoms with van der Waals surface area (Å²) >= 11 is 0. The number of allylic oxidation sites excluding steroid dienone is 2. The van der Waals surface area contributed by atoms with Gasteiger partial charge in [-0.15, -0.1) is 5.76 Å². The van der Waals surface area contributed by atoms with E-state index in [0.29, 0.717) is 22.5 Å². The molecule has 0 bridgehead atoms. The first-order valence-electron chi connectivity index (χ1n) is 12.1. The molecule has 3 saturated carbocycles. The topological polar surface area (TPSA) is 23.1 Å². The number of hydrogen-bond acceptors (Lipinski definition) is 1. The zero-order valence-corrected chi connectivity index (χ0v) is 19.6. The molecule has 0 aromatic carbocycles. The zero-order valence-electron chi connectivity index (χ0n) is 19.6. The van der Waals surface area contributed by atoms with Gasteiger partial charge < -0.3 is 5.11 Å². The van der Waals surface area contributed by atoms with Crippen molar-refractivity contribution in [2.75, 3.05) is 0 Å². The van der Waals surface area contributed by atoms with Gasteiger partial charge in [-0.05, 0) is 104 Å². The predicted molar refractivity (Wildman–Crippen MR) is 112 cm³/mol. The van der Waals surface area contributed by atoms with Crippen LogP contribution in [0.5, 0.6) is 0 Å². The fraction of sp³-hybridized carbons (Fsp3) is 0.923. The fourth-order valence-corrected chi connectivity index (χ4v) is 8.62. The zero-order chi connectivity index (χ0) is 19.4. The third kappa shape index (κ3) is 3.66. The van der Waals surface area contributed by atoms with Gasteiger partial charge in [0.1, 0.15) is 0 Å². The fourth-order valence-electron chi connectivity index (χ4n) is 8.62. The van der Waals surface area contributed by atoms with Crippen LogP contribution in [-0.2, 0) is 0 Å². The first kappa shape index (κ1) is 22.8. The van der Waals surface area contributed by atoms with Crippen molar-refractivity contribution in [3.63, 3.8) is 0 Å². The Morgan fingerprint density at radius 3 is 2.39 bits per heavy atom. The molecule has 0 N–H and O–H groups in total. The van der Waals surface area contributed by atoms with Crippen LogP contribution in [-0.4, -0.2) is 0 Å². The molecule has 4 unspecified atom stereocenters. The second-order valence-electron chi connectivity index (χ2n) is 11.9. The summed E-state index contributed by atoms with van der Waals surface area (Å²) in [6.45, 7) is 12.6. The van der Waals surface area contributed by atoms with E-state index in [2.05, 4.69) is 40.7 Å². The first-order valence-corrected chi connectivity index (χ1v) is 12.1. The molecule has 0 aliphatic heterocycles. The summed E-state index contributed by atoms with van der Waals surface area (Å²) in [5, 5.41) is 12.0. The van der Waals surface area contributed by atoms with Crippen LogP contribution in [0.2, 0.25) is 0 Å². The van der Waals surface area contributed by atoms with E-state index in [1.165, 1.54) is 51.4 Å². The van der Waals surface area contributed by atoms with Crippen LogP contribution in [0.4, 0.5) is 0 Å². The van der Waals surface area contributed by atoms with Gasteiger partial charge in [-0.2, -0.15) is 0 Å². The molecule has 0 spiro atoms. The summed E-state index contributed by atoms with van der Waals surface area (Å²) in [6, 6.07) is 0. The van der Waals surface area contributed by atoms with E-state index in [0.717, 1.165) is 48.3 Å². The van der Waals surface area contributed by atoms with Crippen molar-refractivity contribution in [1.29, 1.82) is 0 Å². The van der Waals surface area contributed by atoms with E-state index in [-0.39, 0.29) is 18.9 Å². The Hall–Kier alpha value is 0.137. The summed E-state index contributed by atoms with van der Waals surface area (Å²) in [4.78, 5) is 0. The molecule has 8 atom stereocenters. The Bertz CT molecular complexity index is 583. The smallest absolute Gasteiger partial charge is 0.876 e. The maximum absolute atomic E-state index is 12.0. The molecular formula is C26H43LiO. The average Bonchev–Trinajstić information content (AvgIpc) is 2.97. The molecular weight excluding hydrogens is 335 g/mol. The van der Waals surface area contributed by atoms with Gasteiger partial charge >= 0.3 is 18.9 Å². The van der Waals surface area contributed by atoms with Crippen LogP contribution in [0.25, 0.3) is 0 Å². The van der Waals surface area contributed by atoms with E-state index < -0.39 is 0 Å². The van der Waals surface area contributed by atoms with E-state index >= 15 is 0 Å². The first-order chi connectivity index (χ1) is 12.8. The maximum atomic E-state index is 12.0. The summed E-state index contributed by atoms with van der Waals surface area (Å²) in [5.74, 6) is 6.56. The molecule has 0 radical (unpaired) electrons. The second-order valence-corrected chi connectivity index (χ2v) is 11.9. The standard InChI is InChI=1S/C26H44O.Li/c1-17(2)6-7-18(3)22-10-11-23-21-9-8-19-16-20(27)12-14-25(19,4)24(21)13-15-26(22,23)5;/h12,17-19,21-24,27H,6-11,13-16H2,1-5H3;/q;+1/p-1/t18?,19-,21?,22+,23?,24?,25-,26+;/m0./s1. The predicted octanol–water partition coefficient (Wildman–Crippen LogP) is 3.58. The number of rotatable bonds is 4. The normalized spacial score (nSPS) is 46.1. The van der Waals surface area contributed by atoms with Crippen LogP contribution in [0.1, 0.15) is 98.8 Å². The van der Waals surface area contributed by atoms with Crippen molar-refractivity contribution in [1.82, 2.24) is 0 Å². The molecule has 28 heavy (non-hydrogen) atoms. The molecule has 0 aromatic rings. The molecule has 0 aromatic heterocycles. The van der Waals surface area contributed by atoms with E-state index in [9.17, 15) is 5.11 Å². The SMILES string of the molecule is CC(C)CCC(C)[C@H]1CCC2C3CC[C@H]4CC([O-])=CC[C@]4(C)C3CC[C@@]21C.[Li+]. The van der Waals surface area contributed by atoms with Gasteiger partial charge in [-0.3, -0.25) is 0 Å². The van der Waals surface area contributed by atoms with Gasteiger partial charge in [0.25, 0.3) is 0 Å². The molecule has 1 nitrogen and oxygen atoms in total. The molecule has 4 aliphatic rings. The summed E-state index contributed by atoms with van der Waals surface area (Å²) in [7, 11) is 0. The van der Waals surface area contributed by atoms with Gasteiger partial charge in [0.15, 0.2) is 0 Å². The number of fused-ring (bicyclic) bond motifs is 5. The molecule has 0 saturated heterocycles. The monoisotopic (exact) mass is 378 g/mol. The average molecular weight is 379 g/mol. The minimum Gasteiger partial charge on any atom is -0.876 e. The van der Waals surface area contributed by atoms with Crippen molar-refractivity contribution in [2.24, 2.45) is 52.3 Å². The van der Waals surface area contributed by atoms with Gasteiger partial charge in [0.05, 0.1) is 0 Å². The Morgan fingerprint density at radius 1 is 0.964 bits per heavy atom. The summed E-state index contributed by atoms with van der Waals surface area (Å²) in [6.07, 6.45) is 15.4. The summed E-state index contributed by atoms with van der Waals surface area (Å²) < 4.78 is 0. The molecule has 3 fully saturated rings. The molecule has 2 heteroatoms. The molecule has 4 aliphatic carbocycles. The maximum Gasteiger partial charge on any atom is 1.00 e. The Morgan fingerprint density at radius 2 is 1.68 bits per heavy atom. The minimum absolute atomic E-state index is 0. The Kier molecular flexibility index (Phi) is 6.80. The van der Waals surface area contributed by atoms with Crippen molar-refractivity contribution in [3.05, 3.63) is 11.8 Å². The van der Waals surface area contributed by atoms with Crippen LogP contribution in [0.15, 0.2) is 11.8 Å². The van der Waals surface area contributed by atoms with Gasteiger partial charge in [-0.1, -0.05) is 53.5 Å². The third-order valence-corrected chi connectivity index (χ3v) is 10.2. The van der Waals surface area contributed by atoms with Crippen molar-refractivity contribution < 1.29 is 24.0 Å². The van der Waals surface area contributed by atoms with Gasteiger partial charge in [-0.25, -0.2) is 0 Å². The molecule has 0 amide bonds. The van der Waals surface area contributed by atoms with Gasteiger partial charge in [0.2, 0.25) is 0 Å². The van der Waals surface area contributed by atoms with Crippen LogP contribution >= 0.6 is 0 Å². The molecule has 0 heterocycles. The van der Waals surface area contributed by atoms with Crippen LogP contribution in [0.3, 0.4) is 0 Å².